The summed E-state index contributed by atoms with van der Waals surface area (Å²) in [6.45, 7) is 0.205. The Balaban J connectivity index is 1.94. The Labute approximate surface area is 116 Å². The largest absolute Gasteiger partial charge is 0.496 e. The van der Waals surface area contributed by atoms with Crippen LogP contribution in [-0.4, -0.2) is 29.1 Å². The lowest BCUT2D eigenvalue weighted by molar-refractivity contribution is 0.0691. The van der Waals surface area contributed by atoms with Gasteiger partial charge in [0.25, 0.3) is 5.91 Å². The second-order valence-corrected chi connectivity index (χ2v) is 5.32. The molecule has 0 bridgehead atoms. The molecule has 0 fully saturated rings. The lowest BCUT2D eigenvalue weighted by Gasteiger charge is -1.99. The highest BCUT2D eigenvalue weighted by molar-refractivity contribution is 7.12. The van der Waals surface area contributed by atoms with Crippen LogP contribution in [0.1, 0.15) is 25.2 Å². The lowest BCUT2D eigenvalue weighted by Crippen LogP contribution is -2.21. The van der Waals surface area contributed by atoms with E-state index in [4.69, 9.17) is 9.84 Å². The van der Waals surface area contributed by atoms with Gasteiger partial charge in [-0.15, -0.1) is 22.7 Å². The fourth-order valence-corrected chi connectivity index (χ4v) is 2.76. The van der Waals surface area contributed by atoms with E-state index in [-0.39, 0.29) is 18.1 Å². The summed E-state index contributed by atoms with van der Waals surface area (Å²) in [7, 11) is 1.53. The predicted octanol–water partition coefficient (Wildman–Crippen LogP) is 1.84. The Bertz CT molecular complexity index is 605. The number of thiazole rings is 1. The van der Waals surface area contributed by atoms with Gasteiger partial charge in [0.2, 0.25) is 0 Å². The van der Waals surface area contributed by atoms with E-state index in [0.717, 1.165) is 0 Å². The number of carboxylic acids is 1. The number of aromatic carboxylic acids is 1. The molecule has 0 aliphatic rings. The van der Waals surface area contributed by atoms with Crippen molar-refractivity contribution in [1.82, 2.24) is 10.3 Å². The number of hydrogen-bond donors (Lipinski definition) is 2. The molecular weight excluding hydrogens is 288 g/mol. The molecule has 0 aliphatic carbocycles. The van der Waals surface area contributed by atoms with Gasteiger partial charge in [-0.1, -0.05) is 0 Å². The molecule has 1 amide bonds. The van der Waals surface area contributed by atoms with Gasteiger partial charge in [-0.05, 0) is 0 Å². The summed E-state index contributed by atoms with van der Waals surface area (Å²) in [5.41, 5.74) is -0.00737. The summed E-state index contributed by atoms with van der Waals surface area (Å²) in [4.78, 5) is 26.9. The number of hydrogen-bond acceptors (Lipinski definition) is 6. The summed E-state index contributed by atoms with van der Waals surface area (Å²) >= 11 is 2.48. The van der Waals surface area contributed by atoms with Crippen LogP contribution in [0.25, 0.3) is 0 Å². The highest BCUT2D eigenvalue weighted by Crippen LogP contribution is 2.21. The quantitative estimate of drug-likeness (QED) is 0.879. The minimum atomic E-state index is -1.07. The van der Waals surface area contributed by atoms with Crippen LogP contribution in [0.4, 0.5) is 0 Å². The summed E-state index contributed by atoms with van der Waals surface area (Å²) in [6.07, 6.45) is 0. The van der Waals surface area contributed by atoms with E-state index in [1.807, 2.05) is 0 Å². The molecule has 2 aromatic rings. The maximum atomic E-state index is 11.8. The fraction of sp³-hybridized carbons (Fsp3) is 0.182. The fourth-order valence-electron chi connectivity index (χ4n) is 1.28. The van der Waals surface area contributed by atoms with Gasteiger partial charge in [0.1, 0.15) is 10.8 Å². The van der Waals surface area contributed by atoms with E-state index in [0.29, 0.717) is 15.6 Å². The van der Waals surface area contributed by atoms with Crippen LogP contribution in [0.5, 0.6) is 5.75 Å². The second-order valence-electron chi connectivity index (χ2n) is 3.47. The van der Waals surface area contributed by atoms with Crippen molar-refractivity contribution in [2.24, 2.45) is 0 Å². The number of methoxy groups -OCH3 is 1. The molecule has 0 unspecified atom stereocenters. The van der Waals surface area contributed by atoms with Crippen molar-refractivity contribution in [2.75, 3.05) is 7.11 Å². The molecule has 0 saturated carbocycles. The van der Waals surface area contributed by atoms with Crippen molar-refractivity contribution in [3.05, 3.63) is 32.4 Å². The zero-order chi connectivity index (χ0) is 13.8. The molecule has 0 spiro atoms. The van der Waals surface area contributed by atoms with Crippen LogP contribution in [0.3, 0.4) is 0 Å². The van der Waals surface area contributed by atoms with Gasteiger partial charge in [-0.3, -0.25) is 4.79 Å². The normalized spacial score (nSPS) is 10.2. The third-order valence-corrected chi connectivity index (χ3v) is 3.96. The SMILES string of the molecule is COc1csc(C(=O)NCc2nc(C(=O)O)cs2)c1. The molecule has 0 atom stereocenters. The van der Waals surface area contributed by atoms with Gasteiger partial charge in [0.15, 0.2) is 5.69 Å². The number of ether oxygens (including phenoxy) is 1. The van der Waals surface area contributed by atoms with Gasteiger partial charge in [-0.25, -0.2) is 9.78 Å². The third kappa shape index (κ3) is 3.30. The second kappa shape index (κ2) is 5.81. The van der Waals surface area contributed by atoms with Crippen molar-refractivity contribution in [3.63, 3.8) is 0 Å². The minimum absolute atomic E-state index is 0.00737. The van der Waals surface area contributed by atoms with Crippen LogP contribution in [-0.2, 0) is 6.54 Å². The number of thiophene rings is 1. The Kier molecular flexibility index (Phi) is 4.13. The van der Waals surface area contributed by atoms with E-state index in [1.54, 1.807) is 11.4 Å². The zero-order valence-electron chi connectivity index (χ0n) is 9.87. The van der Waals surface area contributed by atoms with E-state index in [2.05, 4.69) is 10.3 Å². The van der Waals surface area contributed by atoms with Gasteiger partial charge in [0.05, 0.1) is 18.5 Å². The molecular formula is C11H10N2O4S2. The van der Waals surface area contributed by atoms with E-state index in [1.165, 1.54) is 35.2 Å². The zero-order valence-corrected chi connectivity index (χ0v) is 11.5. The molecule has 2 heterocycles. The Hall–Kier alpha value is -1.93. The number of nitrogens with zero attached hydrogens (tertiary/aromatic N) is 1. The molecule has 2 N–H and O–H groups in total. The van der Waals surface area contributed by atoms with Crippen LogP contribution in [0.15, 0.2) is 16.8 Å². The van der Waals surface area contributed by atoms with E-state index < -0.39 is 5.97 Å². The van der Waals surface area contributed by atoms with Crippen molar-refractivity contribution in [1.29, 1.82) is 0 Å². The average molecular weight is 298 g/mol. The van der Waals surface area contributed by atoms with Crippen LogP contribution in [0, 0.1) is 0 Å². The number of nitrogens with one attached hydrogen (secondary N) is 1. The summed E-state index contributed by atoms with van der Waals surface area (Å²) in [5.74, 6) is -0.672. The van der Waals surface area contributed by atoms with Crippen LogP contribution >= 0.6 is 22.7 Å². The standard InChI is InChI=1S/C11H10N2O4S2/c1-17-6-2-8(18-4-6)10(14)12-3-9-13-7(5-19-9)11(15)16/h2,4-5H,3H2,1H3,(H,12,14)(H,15,16). The molecule has 0 aliphatic heterocycles. The third-order valence-electron chi connectivity index (χ3n) is 2.21. The summed E-state index contributed by atoms with van der Waals surface area (Å²) in [5, 5.41) is 15.1. The van der Waals surface area contributed by atoms with E-state index in [9.17, 15) is 9.59 Å². The number of amides is 1. The molecule has 19 heavy (non-hydrogen) atoms. The number of aromatic nitrogens is 1. The van der Waals surface area contributed by atoms with E-state index >= 15 is 0 Å². The molecule has 2 rings (SSSR count). The first-order valence-corrected chi connectivity index (χ1v) is 6.94. The Morgan fingerprint density at radius 3 is 2.79 bits per heavy atom. The average Bonchev–Trinajstić information content (AvgIpc) is 3.04. The Morgan fingerprint density at radius 1 is 1.42 bits per heavy atom. The molecule has 100 valence electrons. The van der Waals surface area contributed by atoms with Gasteiger partial charge >= 0.3 is 5.97 Å². The molecule has 8 heteroatoms. The maximum Gasteiger partial charge on any atom is 0.355 e. The lowest BCUT2D eigenvalue weighted by atomic mass is 10.4. The molecule has 2 aromatic heterocycles. The summed E-state index contributed by atoms with van der Waals surface area (Å²) < 4.78 is 4.99. The van der Waals surface area contributed by atoms with Crippen molar-refractivity contribution >= 4 is 34.6 Å². The maximum absolute atomic E-state index is 11.8. The van der Waals surface area contributed by atoms with Gasteiger partial charge in [0, 0.05) is 16.8 Å². The van der Waals surface area contributed by atoms with Crippen LogP contribution in [0.2, 0.25) is 0 Å². The highest BCUT2D eigenvalue weighted by Gasteiger charge is 2.12. The predicted molar refractivity (Wildman–Crippen MR) is 71.1 cm³/mol. The smallest absolute Gasteiger partial charge is 0.355 e. The number of rotatable bonds is 5. The number of carbonyl (C=O) groups is 2. The first-order chi connectivity index (χ1) is 9.10. The molecule has 0 saturated heterocycles. The van der Waals surface area contributed by atoms with Crippen molar-refractivity contribution in [2.45, 2.75) is 6.54 Å². The van der Waals surface area contributed by atoms with Crippen molar-refractivity contribution < 1.29 is 19.4 Å². The van der Waals surface area contributed by atoms with Crippen LogP contribution < -0.4 is 10.1 Å². The highest BCUT2D eigenvalue weighted by atomic mass is 32.1. The topological polar surface area (TPSA) is 88.5 Å². The monoisotopic (exact) mass is 298 g/mol. The molecule has 0 aromatic carbocycles. The summed E-state index contributed by atoms with van der Waals surface area (Å²) in [6, 6.07) is 1.64. The molecule has 6 nitrogen and oxygen atoms in total. The Morgan fingerprint density at radius 2 is 2.21 bits per heavy atom. The number of carboxylic acid groups (broad SMARTS) is 1. The first-order valence-electron chi connectivity index (χ1n) is 5.18. The minimum Gasteiger partial charge on any atom is -0.496 e. The van der Waals surface area contributed by atoms with Crippen molar-refractivity contribution in [3.8, 4) is 5.75 Å². The number of carbonyl (C=O) groups excluding carboxylic acids is 1. The van der Waals surface area contributed by atoms with Gasteiger partial charge in [-0.2, -0.15) is 0 Å². The molecule has 0 radical (unpaired) electrons. The van der Waals surface area contributed by atoms with Gasteiger partial charge < -0.3 is 15.2 Å². The first kappa shape index (κ1) is 13.5.